The van der Waals surface area contributed by atoms with E-state index in [1.54, 1.807) is 12.1 Å². The van der Waals surface area contributed by atoms with E-state index in [1.165, 1.54) is 0 Å². The summed E-state index contributed by atoms with van der Waals surface area (Å²) in [4.78, 5) is 0. The summed E-state index contributed by atoms with van der Waals surface area (Å²) in [6.45, 7) is 4.15. The van der Waals surface area contributed by atoms with Crippen LogP contribution in [0.2, 0.25) is 0 Å². The van der Waals surface area contributed by atoms with E-state index in [4.69, 9.17) is 18.9 Å². The van der Waals surface area contributed by atoms with Crippen LogP contribution in [-0.4, -0.2) is 26.6 Å². The Morgan fingerprint density at radius 3 is 1.82 bits per heavy atom. The van der Waals surface area contributed by atoms with Crippen molar-refractivity contribution in [2.24, 2.45) is 11.5 Å². The van der Waals surface area contributed by atoms with Gasteiger partial charge in [-0.15, -0.1) is 0 Å². The standard InChI is InChI=1S/C16H29AsN2O3/c1-3-5-12-15(18)21-17(20,14-10-8-7-9-11-14)22-16(19)13-6-4-2/h7-11,15-16H,3-6,12-13,18-19H2,1-2H3. The molecule has 0 aliphatic rings. The predicted octanol–water partition coefficient (Wildman–Crippen LogP) is 2.25. The normalized spacial score (nSPS) is 16.9. The van der Waals surface area contributed by atoms with Crippen LogP contribution in [0, 0.1) is 0 Å². The molecule has 126 valence electrons. The van der Waals surface area contributed by atoms with E-state index in [2.05, 4.69) is 13.8 Å². The van der Waals surface area contributed by atoms with E-state index in [9.17, 15) is 3.74 Å². The minimum atomic E-state index is -4.25. The van der Waals surface area contributed by atoms with Crippen LogP contribution in [0.4, 0.5) is 0 Å². The quantitative estimate of drug-likeness (QED) is 0.460. The van der Waals surface area contributed by atoms with Gasteiger partial charge in [-0.3, -0.25) is 0 Å². The van der Waals surface area contributed by atoms with Gasteiger partial charge in [0.2, 0.25) is 0 Å². The second kappa shape index (κ2) is 10.2. The van der Waals surface area contributed by atoms with Gasteiger partial charge in [-0.2, -0.15) is 0 Å². The Morgan fingerprint density at radius 1 is 0.955 bits per heavy atom. The fourth-order valence-corrected chi connectivity index (χ4v) is 5.71. The molecule has 0 spiro atoms. The molecule has 0 saturated heterocycles. The maximum absolute atomic E-state index is 13.2. The first kappa shape index (κ1) is 19.5. The number of unbranched alkanes of at least 4 members (excludes halogenated alkanes) is 2. The summed E-state index contributed by atoms with van der Waals surface area (Å²) < 4.78 is 25.1. The average Bonchev–Trinajstić information content (AvgIpc) is 2.51. The van der Waals surface area contributed by atoms with Crippen LogP contribution in [0.1, 0.15) is 52.4 Å². The molecule has 0 amide bonds. The summed E-state index contributed by atoms with van der Waals surface area (Å²) >= 11 is -4.25. The molecule has 1 aromatic rings. The van der Waals surface area contributed by atoms with Gasteiger partial charge < -0.3 is 0 Å². The first-order valence-corrected chi connectivity index (χ1v) is 11.3. The molecular formula is C16H29AsN2O3. The van der Waals surface area contributed by atoms with Crippen LogP contribution in [-0.2, 0) is 11.2 Å². The molecule has 1 aromatic carbocycles. The van der Waals surface area contributed by atoms with Crippen LogP contribution in [0.5, 0.6) is 0 Å². The van der Waals surface area contributed by atoms with Gasteiger partial charge in [0, 0.05) is 0 Å². The fourth-order valence-electron chi connectivity index (χ4n) is 2.03. The molecule has 5 nitrogen and oxygen atoms in total. The molecule has 0 saturated carbocycles. The first-order valence-electron chi connectivity index (χ1n) is 8.05. The summed E-state index contributed by atoms with van der Waals surface area (Å²) in [6.07, 6.45) is 3.99. The summed E-state index contributed by atoms with van der Waals surface area (Å²) in [5.74, 6) is 0. The SMILES string of the molecule is CCCCC(N)O[As](=O)(OC(N)CCCC)c1ccccc1. The average molecular weight is 372 g/mol. The third kappa shape index (κ3) is 6.67. The summed E-state index contributed by atoms with van der Waals surface area (Å²) in [6, 6.07) is 8.98. The molecule has 0 aliphatic heterocycles. The molecular weight excluding hydrogens is 343 g/mol. The predicted molar refractivity (Wildman–Crippen MR) is 89.7 cm³/mol. The van der Waals surface area contributed by atoms with E-state index in [0.29, 0.717) is 17.2 Å². The van der Waals surface area contributed by atoms with Crippen LogP contribution in [0.3, 0.4) is 0 Å². The van der Waals surface area contributed by atoms with Gasteiger partial charge in [0.15, 0.2) is 0 Å². The molecule has 1 rings (SSSR count). The molecule has 22 heavy (non-hydrogen) atoms. The van der Waals surface area contributed by atoms with Crippen LogP contribution in [0.15, 0.2) is 30.3 Å². The monoisotopic (exact) mass is 372 g/mol. The Hall–Kier alpha value is -0.582. The van der Waals surface area contributed by atoms with Gasteiger partial charge in [0.1, 0.15) is 0 Å². The van der Waals surface area contributed by atoms with Crippen molar-refractivity contribution in [1.29, 1.82) is 0 Å². The summed E-state index contributed by atoms with van der Waals surface area (Å²) in [5, 5.41) is 0. The Morgan fingerprint density at radius 2 is 1.41 bits per heavy atom. The molecule has 0 radical (unpaired) electrons. The number of hydrogen-bond donors (Lipinski definition) is 2. The van der Waals surface area contributed by atoms with Crippen molar-refractivity contribution in [3.63, 3.8) is 0 Å². The minimum absolute atomic E-state index is 0.555. The third-order valence-electron chi connectivity index (χ3n) is 3.31. The van der Waals surface area contributed by atoms with E-state index in [0.717, 1.165) is 25.7 Å². The van der Waals surface area contributed by atoms with Crippen molar-refractivity contribution in [3.8, 4) is 0 Å². The van der Waals surface area contributed by atoms with Gasteiger partial charge in [0.25, 0.3) is 0 Å². The zero-order valence-corrected chi connectivity index (χ0v) is 15.5. The molecule has 0 aromatic heterocycles. The molecule has 2 atom stereocenters. The number of hydrogen-bond acceptors (Lipinski definition) is 5. The molecule has 2 unspecified atom stereocenters. The number of rotatable bonds is 11. The van der Waals surface area contributed by atoms with Gasteiger partial charge in [-0.25, -0.2) is 0 Å². The van der Waals surface area contributed by atoms with Gasteiger partial charge in [-0.1, -0.05) is 0 Å². The molecule has 6 heteroatoms. The van der Waals surface area contributed by atoms with Crippen molar-refractivity contribution in [2.45, 2.75) is 64.8 Å². The Kier molecular flexibility index (Phi) is 9.06. The zero-order chi connectivity index (χ0) is 16.4. The first-order chi connectivity index (χ1) is 10.5. The van der Waals surface area contributed by atoms with Gasteiger partial charge in [-0.05, 0) is 0 Å². The molecule has 0 fully saturated rings. The van der Waals surface area contributed by atoms with Crippen LogP contribution in [0.25, 0.3) is 0 Å². The summed E-state index contributed by atoms with van der Waals surface area (Å²) in [5.41, 5.74) is 11.9. The van der Waals surface area contributed by atoms with Crippen LogP contribution >= 0.6 is 0 Å². The van der Waals surface area contributed by atoms with Crippen molar-refractivity contribution in [3.05, 3.63) is 30.3 Å². The van der Waals surface area contributed by atoms with E-state index in [1.807, 2.05) is 18.2 Å². The number of benzene rings is 1. The second-order valence-electron chi connectivity index (χ2n) is 5.41. The summed E-state index contributed by atoms with van der Waals surface area (Å²) in [7, 11) is 0. The van der Waals surface area contributed by atoms with Crippen molar-refractivity contribution in [1.82, 2.24) is 0 Å². The van der Waals surface area contributed by atoms with Crippen molar-refractivity contribution >= 4 is 18.5 Å². The zero-order valence-electron chi connectivity index (χ0n) is 13.6. The molecule has 0 bridgehead atoms. The van der Waals surface area contributed by atoms with E-state index < -0.39 is 26.6 Å². The molecule has 0 heterocycles. The number of nitrogens with two attached hydrogens (primary N) is 2. The maximum atomic E-state index is 13.2. The Labute approximate surface area is 136 Å². The Balaban J connectivity index is 2.83. The third-order valence-corrected chi connectivity index (χ3v) is 7.56. The van der Waals surface area contributed by atoms with Gasteiger partial charge in [0.05, 0.1) is 0 Å². The van der Waals surface area contributed by atoms with Crippen molar-refractivity contribution in [2.75, 3.05) is 0 Å². The fraction of sp³-hybridized carbons (Fsp3) is 0.625. The second-order valence-corrected chi connectivity index (χ2v) is 9.46. The topological polar surface area (TPSA) is 87.6 Å². The van der Waals surface area contributed by atoms with Gasteiger partial charge >= 0.3 is 136 Å². The van der Waals surface area contributed by atoms with Crippen LogP contribution < -0.4 is 15.8 Å². The molecule has 0 aliphatic carbocycles. The van der Waals surface area contributed by atoms with E-state index >= 15 is 0 Å². The van der Waals surface area contributed by atoms with E-state index in [-0.39, 0.29) is 0 Å². The molecule has 4 N–H and O–H groups in total. The van der Waals surface area contributed by atoms with Crippen molar-refractivity contribution < 1.29 is 11.2 Å². The Bertz CT molecular complexity index is 436.